The van der Waals surface area contributed by atoms with Gasteiger partial charge in [-0.3, -0.25) is 4.31 Å². The summed E-state index contributed by atoms with van der Waals surface area (Å²) < 4.78 is 1.56. The molecule has 0 heterocycles. The second kappa shape index (κ2) is 5.41. The Labute approximate surface area is 66.1 Å². The molecule has 2 amide bonds. The van der Waals surface area contributed by atoms with E-state index in [0.29, 0.717) is 0 Å². The van der Waals surface area contributed by atoms with Gasteiger partial charge in [-0.2, -0.15) is 0 Å². The van der Waals surface area contributed by atoms with Crippen molar-refractivity contribution in [2.75, 3.05) is 12.8 Å². The van der Waals surface area contributed by atoms with E-state index in [1.165, 1.54) is 11.9 Å². The van der Waals surface area contributed by atoms with E-state index in [9.17, 15) is 4.79 Å². The summed E-state index contributed by atoms with van der Waals surface area (Å²) in [5.41, 5.74) is 5.05. The van der Waals surface area contributed by atoms with E-state index >= 15 is 0 Å². The van der Waals surface area contributed by atoms with Gasteiger partial charge in [-0.05, 0) is 18.4 Å². The fraction of sp³-hybridized carbons (Fsp3) is 0.833. The Balaban J connectivity index is 3.50. The van der Waals surface area contributed by atoms with Gasteiger partial charge in [0.25, 0.3) is 0 Å². The highest BCUT2D eigenvalue weighted by Gasteiger charge is 2.05. The van der Waals surface area contributed by atoms with Crippen LogP contribution in [0, 0.1) is 0 Å². The van der Waals surface area contributed by atoms with Gasteiger partial charge in [0.2, 0.25) is 0 Å². The van der Waals surface area contributed by atoms with Crippen LogP contribution in [0.1, 0.15) is 19.8 Å². The molecule has 10 heavy (non-hydrogen) atoms. The molecule has 0 fully saturated rings. The van der Waals surface area contributed by atoms with Gasteiger partial charge in [0.15, 0.2) is 0 Å². The quantitative estimate of drug-likeness (QED) is 0.636. The molecular weight excluding hydrogens is 148 g/mol. The number of hydrogen-bond acceptors (Lipinski definition) is 2. The number of rotatable bonds is 4. The van der Waals surface area contributed by atoms with E-state index < -0.39 is 0 Å². The lowest BCUT2D eigenvalue weighted by atomic mass is 10.3. The fourth-order valence-electron chi connectivity index (χ4n) is 0.593. The number of unbranched alkanes of at least 4 members (excludes halogenated alkanes) is 1. The molecule has 0 aliphatic carbocycles. The average Bonchev–Trinajstić information content (AvgIpc) is 1.89. The summed E-state index contributed by atoms with van der Waals surface area (Å²) in [6, 6.07) is -0.346. The first-order chi connectivity index (χ1) is 4.72. The first-order valence-corrected chi connectivity index (χ1v) is 4.51. The Morgan fingerprint density at radius 3 is 2.60 bits per heavy atom. The van der Waals surface area contributed by atoms with Gasteiger partial charge in [0, 0.05) is 12.8 Å². The van der Waals surface area contributed by atoms with Crippen molar-refractivity contribution in [2.45, 2.75) is 19.8 Å². The molecule has 0 spiro atoms. The van der Waals surface area contributed by atoms with Gasteiger partial charge in [0.05, 0.1) is 0 Å². The summed E-state index contributed by atoms with van der Waals surface area (Å²) in [5.74, 6) is 0. The third-order valence-electron chi connectivity index (χ3n) is 1.18. The van der Waals surface area contributed by atoms with Crippen molar-refractivity contribution in [3.63, 3.8) is 0 Å². The third-order valence-corrected chi connectivity index (χ3v) is 1.98. The van der Waals surface area contributed by atoms with Crippen LogP contribution in [0.4, 0.5) is 4.79 Å². The van der Waals surface area contributed by atoms with Crippen molar-refractivity contribution in [3.8, 4) is 0 Å². The maximum absolute atomic E-state index is 10.6. The summed E-state index contributed by atoms with van der Waals surface area (Å²) in [7, 11) is 0. The lowest BCUT2D eigenvalue weighted by Gasteiger charge is -2.15. The Morgan fingerprint density at radius 1 is 1.70 bits per heavy atom. The minimum atomic E-state index is -0.346. The molecule has 0 aromatic rings. The highest BCUT2D eigenvalue weighted by atomic mass is 32.2. The van der Waals surface area contributed by atoms with Crippen LogP contribution in [-0.2, 0) is 0 Å². The smallest absolute Gasteiger partial charge is 0.324 e. The SMILES string of the molecule is CCCCN(SC)C(N)=O. The van der Waals surface area contributed by atoms with Crippen LogP contribution < -0.4 is 5.73 Å². The summed E-state index contributed by atoms with van der Waals surface area (Å²) in [5, 5.41) is 0. The zero-order valence-electron chi connectivity index (χ0n) is 6.46. The zero-order valence-corrected chi connectivity index (χ0v) is 7.28. The molecule has 0 rings (SSSR count). The maximum atomic E-state index is 10.6. The predicted octanol–water partition coefficient (Wildman–Crippen LogP) is 1.45. The van der Waals surface area contributed by atoms with Crippen LogP contribution in [-0.4, -0.2) is 23.1 Å². The van der Waals surface area contributed by atoms with Crippen molar-refractivity contribution >= 4 is 18.0 Å². The average molecular weight is 162 g/mol. The topological polar surface area (TPSA) is 46.3 Å². The number of primary amides is 1. The Kier molecular flexibility index (Phi) is 5.20. The van der Waals surface area contributed by atoms with Crippen LogP contribution in [0.15, 0.2) is 0 Å². The monoisotopic (exact) mass is 162 g/mol. The number of carbonyl (C=O) groups is 1. The Morgan fingerprint density at radius 2 is 2.30 bits per heavy atom. The van der Waals surface area contributed by atoms with E-state index in [-0.39, 0.29) is 6.03 Å². The molecule has 0 radical (unpaired) electrons. The molecule has 0 aliphatic heterocycles. The van der Waals surface area contributed by atoms with Gasteiger partial charge in [0.1, 0.15) is 0 Å². The van der Waals surface area contributed by atoms with Crippen molar-refractivity contribution in [1.82, 2.24) is 4.31 Å². The van der Waals surface area contributed by atoms with Crippen molar-refractivity contribution < 1.29 is 4.79 Å². The fourth-order valence-corrected chi connectivity index (χ4v) is 1.08. The van der Waals surface area contributed by atoms with Gasteiger partial charge in [-0.1, -0.05) is 13.3 Å². The number of amides is 2. The van der Waals surface area contributed by atoms with Crippen LogP contribution >= 0.6 is 11.9 Å². The molecule has 4 heteroatoms. The second-order valence-corrected chi connectivity index (χ2v) is 2.78. The molecule has 0 aromatic heterocycles. The lowest BCUT2D eigenvalue weighted by Crippen LogP contribution is -2.30. The van der Waals surface area contributed by atoms with E-state index in [1.807, 2.05) is 6.26 Å². The number of carbonyl (C=O) groups excluding carboxylic acids is 1. The van der Waals surface area contributed by atoms with Gasteiger partial charge >= 0.3 is 6.03 Å². The van der Waals surface area contributed by atoms with Crippen LogP contribution in [0.5, 0.6) is 0 Å². The molecule has 0 atom stereocenters. The second-order valence-electron chi connectivity index (χ2n) is 1.98. The van der Waals surface area contributed by atoms with Gasteiger partial charge in [-0.25, -0.2) is 4.79 Å². The summed E-state index contributed by atoms with van der Waals surface area (Å²) in [6.07, 6.45) is 3.95. The standard InChI is InChI=1S/C6H14N2OS/c1-3-4-5-8(10-2)6(7)9/h3-5H2,1-2H3,(H2,7,9). The molecule has 2 N–H and O–H groups in total. The van der Waals surface area contributed by atoms with Crippen molar-refractivity contribution in [3.05, 3.63) is 0 Å². The lowest BCUT2D eigenvalue weighted by molar-refractivity contribution is 0.234. The molecule has 0 bridgehead atoms. The van der Waals surface area contributed by atoms with Crippen molar-refractivity contribution in [2.24, 2.45) is 5.73 Å². The number of hydrogen-bond donors (Lipinski definition) is 1. The van der Waals surface area contributed by atoms with Gasteiger partial charge < -0.3 is 5.73 Å². The number of urea groups is 1. The normalized spacial score (nSPS) is 9.40. The molecule has 0 saturated carbocycles. The summed E-state index contributed by atoms with van der Waals surface area (Å²) >= 11 is 1.38. The largest absolute Gasteiger partial charge is 0.351 e. The minimum absolute atomic E-state index is 0.346. The van der Waals surface area contributed by atoms with Crippen LogP contribution in [0.2, 0.25) is 0 Å². The molecule has 0 aliphatic rings. The summed E-state index contributed by atoms with van der Waals surface area (Å²) in [6.45, 7) is 2.84. The zero-order chi connectivity index (χ0) is 7.98. The first kappa shape index (κ1) is 9.62. The molecule has 0 unspecified atom stereocenters. The molecule has 0 aromatic carbocycles. The molecule has 3 nitrogen and oxygen atoms in total. The summed E-state index contributed by atoms with van der Waals surface area (Å²) in [4.78, 5) is 10.6. The van der Waals surface area contributed by atoms with E-state index in [2.05, 4.69) is 6.92 Å². The Bertz CT molecular complexity index is 108. The van der Waals surface area contributed by atoms with E-state index in [4.69, 9.17) is 5.73 Å². The first-order valence-electron chi connectivity index (χ1n) is 3.33. The molecule has 60 valence electrons. The minimum Gasteiger partial charge on any atom is -0.351 e. The highest BCUT2D eigenvalue weighted by molar-refractivity contribution is 7.96. The number of nitrogens with zero attached hydrogens (tertiary/aromatic N) is 1. The van der Waals surface area contributed by atoms with E-state index in [1.54, 1.807) is 4.31 Å². The predicted molar refractivity (Wildman–Crippen MR) is 44.7 cm³/mol. The Hall–Kier alpha value is -0.380. The number of nitrogens with two attached hydrogens (primary N) is 1. The molecular formula is C6H14N2OS. The highest BCUT2D eigenvalue weighted by Crippen LogP contribution is 2.05. The third kappa shape index (κ3) is 3.61. The van der Waals surface area contributed by atoms with E-state index in [0.717, 1.165) is 19.4 Å². The van der Waals surface area contributed by atoms with Crippen LogP contribution in [0.25, 0.3) is 0 Å². The maximum Gasteiger partial charge on any atom is 0.324 e. The van der Waals surface area contributed by atoms with Crippen LogP contribution in [0.3, 0.4) is 0 Å². The van der Waals surface area contributed by atoms with Crippen molar-refractivity contribution in [1.29, 1.82) is 0 Å². The molecule has 0 saturated heterocycles. The van der Waals surface area contributed by atoms with Gasteiger partial charge in [-0.15, -0.1) is 0 Å².